The number of hydrogen-bond acceptors (Lipinski definition) is 6. The maximum Gasteiger partial charge on any atom is 0.274 e. The summed E-state index contributed by atoms with van der Waals surface area (Å²) in [5, 5.41) is 0. The van der Waals surface area contributed by atoms with Crippen LogP contribution in [-0.2, 0) is 7.05 Å². The zero-order chi connectivity index (χ0) is 17.9. The van der Waals surface area contributed by atoms with Crippen LogP contribution >= 0.6 is 0 Å². The van der Waals surface area contributed by atoms with Gasteiger partial charge in [-0.2, -0.15) is 0 Å². The van der Waals surface area contributed by atoms with E-state index in [2.05, 4.69) is 24.9 Å². The number of aromatic nitrogens is 6. The van der Waals surface area contributed by atoms with Crippen LogP contribution in [0.1, 0.15) is 34.9 Å². The number of imidazole rings is 1. The minimum Gasteiger partial charge on any atom is -0.337 e. The van der Waals surface area contributed by atoms with Crippen molar-refractivity contribution in [2.75, 3.05) is 13.1 Å². The van der Waals surface area contributed by atoms with Crippen LogP contribution in [0.5, 0.6) is 0 Å². The Bertz CT molecular complexity index is 909. The number of aryl methyl sites for hydroxylation is 1. The van der Waals surface area contributed by atoms with Crippen molar-refractivity contribution in [3.05, 3.63) is 54.9 Å². The minimum atomic E-state index is -0.0891. The molecular weight excluding hydrogens is 330 g/mol. The monoisotopic (exact) mass is 349 g/mol. The van der Waals surface area contributed by atoms with Gasteiger partial charge >= 0.3 is 0 Å². The Balaban J connectivity index is 1.61. The molecular formula is C18H19N7O. The number of hydrogen-bond donors (Lipinski definition) is 0. The first kappa shape index (κ1) is 16.3. The molecule has 1 saturated heterocycles. The van der Waals surface area contributed by atoms with E-state index in [-0.39, 0.29) is 11.8 Å². The summed E-state index contributed by atoms with van der Waals surface area (Å²) in [5.74, 6) is 0.0387. The average Bonchev–Trinajstić information content (AvgIpc) is 3.14. The Labute approximate surface area is 151 Å². The fourth-order valence-corrected chi connectivity index (χ4v) is 3.39. The molecule has 1 atom stereocenters. The van der Waals surface area contributed by atoms with E-state index in [9.17, 15) is 4.79 Å². The van der Waals surface area contributed by atoms with Crippen LogP contribution in [0.25, 0.3) is 11.4 Å². The van der Waals surface area contributed by atoms with Gasteiger partial charge in [0, 0.05) is 50.8 Å². The van der Waals surface area contributed by atoms with Crippen molar-refractivity contribution >= 4 is 5.91 Å². The molecule has 0 spiro atoms. The summed E-state index contributed by atoms with van der Waals surface area (Å²) in [5.41, 5.74) is 3.03. The first-order chi connectivity index (χ1) is 12.7. The number of carbonyl (C=O) groups excluding carboxylic acids is 1. The van der Waals surface area contributed by atoms with E-state index in [4.69, 9.17) is 0 Å². The lowest BCUT2D eigenvalue weighted by atomic mass is 9.92. The van der Waals surface area contributed by atoms with Crippen LogP contribution in [0, 0.1) is 0 Å². The number of carbonyl (C=O) groups is 1. The highest BCUT2D eigenvalue weighted by atomic mass is 16.2. The number of nitrogens with zero attached hydrogens (tertiary/aromatic N) is 7. The molecule has 0 bridgehead atoms. The third kappa shape index (κ3) is 3.05. The molecule has 26 heavy (non-hydrogen) atoms. The molecule has 1 aliphatic rings. The van der Waals surface area contributed by atoms with Crippen LogP contribution < -0.4 is 0 Å². The smallest absolute Gasteiger partial charge is 0.274 e. The lowest BCUT2D eigenvalue weighted by Crippen LogP contribution is -2.39. The molecule has 3 aromatic heterocycles. The van der Waals surface area contributed by atoms with Gasteiger partial charge in [-0.05, 0) is 12.8 Å². The zero-order valence-corrected chi connectivity index (χ0v) is 14.5. The maximum absolute atomic E-state index is 12.7. The normalized spacial score (nSPS) is 17.3. The molecule has 1 aliphatic heterocycles. The topological polar surface area (TPSA) is 89.7 Å². The van der Waals surface area contributed by atoms with Crippen molar-refractivity contribution in [1.29, 1.82) is 0 Å². The Kier molecular flexibility index (Phi) is 4.39. The molecule has 3 aromatic rings. The number of rotatable bonds is 3. The highest BCUT2D eigenvalue weighted by Crippen LogP contribution is 2.31. The van der Waals surface area contributed by atoms with Crippen molar-refractivity contribution in [2.24, 2.45) is 7.05 Å². The summed E-state index contributed by atoms with van der Waals surface area (Å²) < 4.78 is 1.93. The van der Waals surface area contributed by atoms with Gasteiger partial charge in [0.1, 0.15) is 11.4 Å². The minimum absolute atomic E-state index is 0.0891. The van der Waals surface area contributed by atoms with Crippen molar-refractivity contribution < 1.29 is 4.79 Å². The number of amides is 1. The van der Waals surface area contributed by atoms with Gasteiger partial charge in [-0.25, -0.2) is 9.97 Å². The highest BCUT2D eigenvalue weighted by molar-refractivity contribution is 5.92. The average molecular weight is 349 g/mol. The number of piperidine rings is 1. The van der Waals surface area contributed by atoms with Crippen molar-refractivity contribution in [3.63, 3.8) is 0 Å². The largest absolute Gasteiger partial charge is 0.337 e. The fourth-order valence-electron chi connectivity index (χ4n) is 3.39. The van der Waals surface area contributed by atoms with E-state index in [1.807, 2.05) is 16.5 Å². The Morgan fingerprint density at radius 2 is 1.92 bits per heavy atom. The van der Waals surface area contributed by atoms with E-state index in [1.54, 1.807) is 31.1 Å². The summed E-state index contributed by atoms with van der Waals surface area (Å²) in [6.45, 7) is 1.31. The van der Waals surface area contributed by atoms with E-state index in [0.717, 1.165) is 29.9 Å². The molecule has 8 heteroatoms. The summed E-state index contributed by atoms with van der Waals surface area (Å²) in [4.78, 5) is 36.0. The Morgan fingerprint density at radius 1 is 1.08 bits per heavy atom. The van der Waals surface area contributed by atoms with E-state index in [0.29, 0.717) is 18.8 Å². The standard InChI is InChI=1S/C18H19N7O/c1-24-12-20-10-15(24)17-16(22-6-7-23-17)13-3-2-8-25(11-13)18(26)14-9-19-4-5-21-14/h4-7,9-10,12-13H,2-3,8,11H2,1H3. The molecule has 132 valence electrons. The zero-order valence-electron chi connectivity index (χ0n) is 14.5. The summed E-state index contributed by atoms with van der Waals surface area (Å²) in [7, 11) is 1.94. The van der Waals surface area contributed by atoms with Gasteiger partial charge in [-0.1, -0.05) is 0 Å². The molecule has 4 heterocycles. The quantitative estimate of drug-likeness (QED) is 0.715. The van der Waals surface area contributed by atoms with Gasteiger partial charge in [0.2, 0.25) is 0 Å². The first-order valence-corrected chi connectivity index (χ1v) is 8.57. The van der Waals surface area contributed by atoms with E-state index < -0.39 is 0 Å². The second-order valence-electron chi connectivity index (χ2n) is 6.36. The van der Waals surface area contributed by atoms with Crippen molar-refractivity contribution in [1.82, 2.24) is 34.4 Å². The Hall–Kier alpha value is -3.16. The fraction of sp³-hybridized carbons (Fsp3) is 0.333. The predicted molar refractivity (Wildman–Crippen MR) is 94.1 cm³/mol. The SMILES string of the molecule is Cn1cncc1-c1nccnc1C1CCCN(C(=O)c2cnccn2)C1. The molecule has 0 N–H and O–H groups in total. The molecule has 0 aliphatic carbocycles. The van der Waals surface area contributed by atoms with Crippen LogP contribution in [0.15, 0.2) is 43.5 Å². The summed E-state index contributed by atoms with van der Waals surface area (Å²) >= 11 is 0. The van der Waals surface area contributed by atoms with Gasteiger partial charge in [0.25, 0.3) is 5.91 Å². The molecule has 0 saturated carbocycles. The van der Waals surface area contributed by atoms with Crippen LogP contribution in [0.3, 0.4) is 0 Å². The lowest BCUT2D eigenvalue weighted by Gasteiger charge is -2.32. The molecule has 8 nitrogen and oxygen atoms in total. The number of likely N-dealkylation sites (tertiary alicyclic amines) is 1. The molecule has 1 fully saturated rings. The summed E-state index contributed by atoms with van der Waals surface area (Å²) in [6, 6.07) is 0. The van der Waals surface area contributed by atoms with Gasteiger partial charge < -0.3 is 9.47 Å². The third-order valence-electron chi connectivity index (χ3n) is 4.66. The second-order valence-corrected chi connectivity index (χ2v) is 6.36. The second kappa shape index (κ2) is 6.99. The molecule has 0 aromatic carbocycles. The van der Waals surface area contributed by atoms with Gasteiger partial charge in [-0.3, -0.25) is 19.7 Å². The van der Waals surface area contributed by atoms with Crippen LogP contribution in [0.2, 0.25) is 0 Å². The van der Waals surface area contributed by atoms with Crippen LogP contribution in [0.4, 0.5) is 0 Å². The van der Waals surface area contributed by atoms with E-state index >= 15 is 0 Å². The Morgan fingerprint density at radius 3 is 2.69 bits per heavy atom. The molecule has 4 rings (SSSR count). The highest BCUT2D eigenvalue weighted by Gasteiger charge is 2.29. The van der Waals surface area contributed by atoms with Gasteiger partial charge in [-0.15, -0.1) is 0 Å². The molecule has 0 radical (unpaired) electrons. The van der Waals surface area contributed by atoms with Crippen LogP contribution in [-0.4, -0.2) is 53.4 Å². The van der Waals surface area contributed by atoms with Gasteiger partial charge in [0.15, 0.2) is 0 Å². The van der Waals surface area contributed by atoms with Crippen molar-refractivity contribution in [3.8, 4) is 11.4 Å². The van der Waals surface area contributed by atoms with Crippen molar-refractivity contribution in [2.45, 2.75) is 18.8 Å². The lowest BCUT2D eigenvalue weighted by molar-refractivity contribution is 0.0699. The maximum atomic E-state index is 12.7. The van der Waals surface area contributed by atoms with Gasteiger partial charge in [0.05, 0.1) is 30.1 Å². The van der Waals surface area contributed by atoms with E-state index in [1.165, 1.54) is 12.4 Å². The molecule has 1 unspecified atom stereocenters. The predicted octanol–water partition coefficient (Wildman–Crippen LogP) is 1.69. The third-order valence-corrected chi connectivity index (χ3v) is 4.66. The first-order valence-electron chi connectivity index (χ1n) is 8.57. The molecule has 1 amide bonds. The summed E-state index contributed by atoms with van der Waals surface area (Å²) in [6.07, 6.45) is 13.4.